The van der Waals surface area contributed by atoms with E-state index in [1.807, 2.05) is 30.3 Å². The molecule has 1 heterocycles. The van der Waals surface area contributed by atoms with Crippen molar-refractivity contribution in [1.82, 2.24) is 4.98 Å². The van der Waals surface area contributed by atoms with E-state index in [9.17, 15) is 4.79 Å². The molecule has 0 fully saturated rings. The molecular weight excluding hydrogens is 222 g/mol. The van der Waals surface area contributed by atoms with E-state index in [1.54, 1.807) is 17.8 Å². The van der Waals surface area contributed by atoms with Crippen LogP contribution in [0.1, 0.15) is 15.9 Å². The highest BCUT2D eigenvalue weighted by Crippen LogP contribution is 2.22. The fraction of sp³-hybridized carbons (Fsp3) is 0.0833. The first-order chi connectivity index (χ1) is 7.75. The van der Waals surface area contributed by atoms with Crippen molar-refractivity contribution in [3.63, 3.8) is 0 Å². The molecule has 2 N–H and O–H groups in total. The summed E-state index contributed by atoms with van der Waals surface area (Å²) in [6.07, 6.45) is 1.51. The quantitative estimate of drug-likeness (QED) is 0.798. The van der Waals surface area contributed by atoms with E-state index in [0.29, 0.717) is 5.56 Å². The number of H-pyrrole nitrogens is 1. The smallest absolute Gasteiger partial charge is 0.337 e. The number of aromatic nitrogens is 1. The van der Waals surface area contributed by atoms with Gasteiger partial charge in [-0.25, -0.2) is 4.79 Å². The molecule has 0 amide bonds. The van der Waals surface area contributed by atoms with Crippen molar-refractivity contribution in [2.24, 2.45) is 0 Å². The normalized spacial score (nSPS) is 10.2. The number of rotatable bonds is 4. The zero-order valence-corrected chi connectivity index (χ0v) is 9.33. The predicted octanol–water partition coefficient (Wildman–Crippen LogP) is 3.01. The van der Waals surface area contributed by atoms with Crippen molar-refractivity contribution in [2.45, 2.75) is 10.8 Å². The highest BCUT2D eigenvalue weighted by atomic mass is 32.2. The Balaban J connectivity index is 1.97. The summed E-state index contributed by atoms with van der Waals surface area (Å²) in [5.74, 6) is -0.0664. The van der Waals surface area contributed by atoms with Crippen LogP contribution in [0.25, 0.3) is 0 Å². The van der Waals surface area contributed by atoms with Crippen molar-refractivity contribution in [3.8, 4) is 0 Å². The summed E-state index contributed by atoms with van der Waals surface area (Å²) < 4.78 is 0. The molecule has 0 saturated heterocycles. The van der Waals surface area contributed by atoms with E-state index in [1.165, 1.54) is 11.8 Å². The molecule has 16 heavy (non-hydrogen) atoms. The van der Waals surface area contributed by atoms with Gasteiger partial charge in [-0.2, -0.15) is 0 Å². The fourth-order valence-electron chi connectivity index (χ4n) is 1.32. The maximum atomic E-state index is 10.7. The van der Waals surface area contributed by atoms with Gasteiger partial charge < -0.3 is 10.1 Å². The average molecular weight is 233 g/mol. The SMILES string of the molecule is O=C(O)c1c[nH]c(SCc2ccccc2)c1. The van der Waals surface area contributed by atoms with Crippen molar-refractivity contribution in [2.75, 3.05) is 0 Å². The van der Waals surface area contributed by atoms with Gasteiger partial charge in [0, 0.05) is 11.9 Å². The molecule has 0 radical (unpaired) electrons. The van der Waals surface area contributed by atoms with Gasteiger partial charge in [0.25, 0.3) is 0 Å². The third kappa shape index (κ3) is 2.67. The fourth-order valence-corrected chi connectivity index (χ4v) is 2.18. The topological polar surface area (TPSA) is 53.1 Å². The summed E-state index contributed by atoms with van der Waals surface area (Å²) in [6, 6.07) is 11.7. The van der Waals surface area contributed by atoms with Crippen LogP contribution in [0.4, 0.5) is 0 Å². The third-order valence-corrected chi connectivity index (χ3v) is 3.17. The van der Waals surface area contributed by atoms with Crippen LogP contribution >= 0.6 is 11.8 Å². The van der Waals surface area contributed by atoms with Crippen LogP contribution in [0.3, 0.4) is 0 Å². The number of carbonyl (C=O) groups is 1. The van der Waals surface area contributed by atoms with Crippen molar-refractivity contribution < 1.29 is 9.90 Å². The Bertz CT molecular complexity index is 479. The van der Waals surface area contributed by atoms with Crippen LogP contribution in [0.5, 0.6) is 0 Å². The van der Waals surface area contributed by atoms with Gasteiger partial charge in [-0.05, 0) is 11.6 Å². The van der Waals surface area contributed by atoms with E-state index in [-0.39, 0.29) is 0 Å². The minimum atomic E-state index is -0.900. The lowest BCUT2D eigenvalue weighted by Gasteiger charge is -1.98. The second-order valence-corrected chi connectivity index (χ2v) is 4.35. The number of carboxylic acid groups (broad SMARTS) is 1. The molecule has 0 spiro atoms. The second kappa shape index (κ2) is 4.90. The van der Waals surface area contributed by atoms with Gasteiger partial charge in [0.05, 0.1) is 10.6 Å². The number of thioether (sulfide) groups is 1. The number of hydrogen-bond donors (Lipinski definition) is 2. The van der Waals surface area contributed by atoms with Gasteiger partial charge >= 0.3 is 5.97 Å². The van der Waals surface area contributed by atoms with Crippen molar-refractivity contribution in [3.05, 3.63) is 53.7 Å². The lowest BCUT2D eigenvalue weighted by Crippen LogP contribution is -1.91. The van der Waals surface area contributed by atoms with Crippen LogP contribution in [0.2, 0.25) is 0 Å². The Labute approximate surface area is 97.5 Å². The van der Waals surface area contributed by atoms with E-state index < -0.39 is 5.97 Å². The predicted molar refractivity (Wildman–Crippen MR) is 63.8 cm³/mol. The maximum Gasteiger partial charge on any atom is 0.337 e. The first-order valence-electron chi connectivity index (χ1n) is 4.84. The summed E-state index contributed by atoms with van der Waals surface area (Å²) in [5.41, 5.74) is 1.52. The van der Waals surface area contributed by atoms with Crippen molar-refractivity contribution >= 4 is 17.7 Å². The number of benzene rings is 1. The highest BCUT2D eigenvalue weighted by Gasteiger charge is 2.05. The number of nitrogens with one attached hydrogen (secondary N) is 1. The summed E-state index contributed by atoms with van der Waals surface area (Å²) in [4.78, 5) is 13.6. The van der Waals surface area contributed by atoms with Crippen LogP contribution < -0.4 is 0 Å². The maximum absolute atomic E-state index is 10.7. The monoisotopic (exact) mass is 233 g/mol. The minimum Gasteiger partial charge on any atom is -0.478 e. The largest absolute Gasteiger partial charge is 0.478 e. The Kier molecular flexibility index (Phi) is 3.31. The van der Waals surface area contributed by atoms with Gasteiger partial charge in [-0.1, -0.05) is 30.3 Å². The van der Waals surface area contributed by atoms with Crippen LogP contribution in [0, 0.1) is 0 Å². The first kappa shape index (κ1) is 10.8. The number of carboxylic acids is 1. The molecule has 3 nitrogen and oxygen atoms in total. The Morgan fingerprint density at radius 3 is 2.69 bits per heavy atom. The second-order valence-electron chi connectivity index (χ2n) is 3.33. The average Bonchev–Trinajstić information content (AvgIpc) is 2.76. The van der Waals surface area contributed by atoms with Gasteiger partial charge in [0.1, 0.15) is 0 Å². The van der Waals surface area contributed by atoms with Gasteiger partial charge in [-0.15, -0.1) is 11.8 Å². The number of aromatic carboxylic acids is 1. The number of aromatic amines is 1. The van der Waals surface area contributed by atoms with E-state index >= 15 is 0 Å². The molecule has 82 valence electrons. The summed E-state index contributed by atoms with van der Waals surface area (Å²) >= 11 is 1.59. The van der Waals surface area contributed by atoms with Crippen molar-refractivity contribution in [1.29, 1.82) is 0 Å². The molecule has 0 atom stereocenters. The van der Waals surface area contributed by atoms with Crippen LogP contribution in [-0.4, -0.2) is 16.1 Å². The highest BCUT2D eigenvalue weighted by molar-refractivity contribution is 7.98. The lowest BCUT2D eigenvalue weighted by molar-refractivity contribution is 0.0697. The lowest BCUT2D eigenvalue weighted by atomic mass is 10.2. The summed E-state index contributed by atoms with van der Waals surface area (Å²) in [5, 5.41) is 9.63. The van der Waals surface area contributed by atoms with E-state index in [0.717, 1.165) is 10.8 Å². The molecule has 2 aromatic rings. The molecule has 1 aromatic heterocycles. The standard InChI is InChI=1S/C12H11NO2S/c14-12(15)10-6-11(13-7-10)16-8-9-4-2-1-3-5-9/h1-7,13H,8H2,(H,14,15). The van der Waals surface area contributed by atoms with Gasteiger partial charge in [0.2, 0.25) is 0 Å². The number of hydrogen-bond acceptors (Lipinski definition) is 2. The Morgan fingerprint density at radius 1 is 1.31 bits per heavy atom. The van der Waals surface area contributed by atoms with Gasteiger partial charge in [0.15, 0.2) is 0 Å². The molecule has 0 aliphatic rings. The molecule has 0 aliphatic carbocycles. The molecule has 0 unspecified atom stereocenters. The molecule has 2 rings (SSSR count). The Hall–Kier alpha value is -1.68. The first-order valence-corrected chi connectivity index (χ1v) is 5.83. The molecule has 0 aliphatic heterocycles. The van der Waals surface area contributed by atoms with E-state index in [4.69, 9.17) is 5.11 Å². The molecular formula is C12H11NO2S. The summed E-state index contributed by atoms with van der Waals surface area (Å²) in [6.45, 7) is 0. The van der Waals surface area contributed by atoms with Crippen LogP contribution in [0.15, 0.2) is 47.6 Å². The molecule has 4 heteroatoms. The van der Waals surface area contributed by atoms with E-state index in [2.05, 4.69) is 4.98 Å². The van der Waals surface area contributed by atoms with Gasteiger partial charge in [-0.3, -0.25) is 0 Å². The molecule has 0 saturated carbocycles. The zero-order valence-electron chi connectivity index (χ0n) is 8.51. The molecule has 0 bridgehead atoms. The minimum absolute atomic E-state index is 0.301. The summed E-state index contributed by atoms with van der Waals surface area (Å²) in [7, 11) is 0. The third-order valence-electron chi connectivity index (χ3n) is 2.14. The Morgan fingerprint density at radius 2 is 2.06 bits per heavy atom. The molecule has 1 aromatic carbocycles. The van der Waals surface area contributed by atoms with Crippen LogP contribution in [-0.2, 0) is 5.75 Å². The zero-order chi connectivity index (χ0) is 11.4.